The van der Waals surface area contributed by atoms with E-state index in [0.717, 1.165) is 39.1 Å². The smallest absolute Gasteiger partial charge is 0.164 e. The van der Waals surface area contributed by atoms with E-state index < -0.39 is 0 Å². The molecular weight excluding hydrogens is 659 g/mol. The number of benzene rings is 8. The summed E-state index contributed by atoms with van der Waals surface area (Å²) in [4.78, 5) is 15.0. The average molecular weight is 690 g/mol. The molecule has 0 atom stereocenters. The van der Waals surface area contributed by atoms with Crippen molar-refractivity contribution in [2.24, 2.45) is 0 Å². The summed E-state index contributed by atoms with van der Waals surface area (Å²) in [5.41, 5.74) is 9.73. The molecule has 0 aliphatic heterocycles. The Bertz CT molecular complexity index is 3140. The Morgan fingerprint density at radius 1 is 0.278 bits per heavy atom. The molecule has 252 valence electrons. The Hall–Kier alpha value is -7.37. The molecule has 8 aromatic carbocycles. The van der Waals surface area contributed by atoms with Gasteiger partial charge in [-0.3, -0.25) is 0 Å². The van der Waals surface area contributed by atoms with Crippen LogP contribution in [0.15, 0.2) is 188 Å². The van der Waals surface area contributed by atoms with E-state index in [2.05, 4.69) is 137 Å². The minimum absolute atomic E-state index is 0.632. The fourth-order valence-electron chi connectivity index (χ4n) is 8.20. The first kappa shape index (κ1) is 30.3. The maximum atomic E-state index is 5.03. The van der Waals surface area contributed by atoms with Gasteiger partial charge in [-0.1, -0.05) is 140 Å². The Morgan fingerprint density at radius 3 is 1.22 bits per heavy atom. The third-order valence-electron chi connectivity index (χ3n) is 10.5. The van der Waals surface area contributed by atoms with Gasteiger partial charge in [-0.2, -0.15) is 0 Å². The SMILES string of the molecule is c1ccc(-c2nc(-c3ccccc3)nc(-c3cccc(-n4c5ccccc5c5c6ccc7c(c6ccc54)c4ccccc4n7-c4ccccc4)c3)n2)cc1. The normalized spacial score (nSPS) is 11.7. The van der Waals surface area contributed by atoms with E-state index in [-0.39, 0.29) is 0 Å². The topological polar surface area (TPSA) is 48.5 Å². The van der Waals surface area contributed by atoms with E-state index in [9.17, 15) is 0 Å². The van der Waals surface area contributed by atoms with E-state index in [1.165, 1.54) is 43.4 Å². The van der Waals surface area contributed by atoms with Gasteiger partial charge in [0.05, 0.1) is 22.1 Å². The van der Waals surface area contributed by atoms with Gasteiger partial charge in [0.25, 0.3) is 0 Å². The third-order valence-corrected chi connectivity index (χ3v) is 10.5. The summed E-state index contributed by atoms with van der Waals surface area (Å²) in [6, 6.07) is 66.2. The van der Waals surface area contributed by atoms with Crippen LogP contribution in [0.3, 0.4) is 0 Å². The van der Waals surface area contributed by atoms with Gasteiger partial charge in [-0.05, 0) is 59.3 Å². The molecule has 11 aromatic rings. The number of para-hydroxylation sites is 3. The highest BCUT2D eigenvalue weighted by molar-refractivity contribution is 6.29. The predicted octanol–water partition coefficient (Wildman–Crippen LogP) is 12.2. The van der Waals surface area contributed by atoms with Crippen molar-refractivity contribution in [3.63, 3.8) is 0 Å². The summed E-state index contributed by atoms with van der Waals surface area (Å²) in [6.45, 7) is 0. The highest BCUT2D eigenvalue weighted by Gasteiger charge is 2.20. The number of hydrogen-bond donors (Lipinski definition) is 0. The first-order valence-electron chi connectivity index (χ1n) is 18.2. The number of hydrogen-bond acceptors (Lipinski definition) is 3. The van der Waals surface area contributed by atoms with Crippen LogP contribution in [0.1, 0.15) is 0 Å². The lowest BCUT2D eigenvalue weighted by Crippen LogP contribution is -2.01. The van der Waals surface area contributed by atoms with Gasteiger partial charge in [-0.25, -0.2) is 15.0 Å². The maximum absolute atomic E-state index is 5.03. The Labute approximate surface area is 311 Å². The van der Waals surface area contributed by atoms with Crippen LogP contribution in [-0.2, 0) is 0 Å². The number of nitrogens with zero attached hydrogens (tertiary/aromatic N) is 5. The van der Waals surface area contributed by atoms with Gasteiger partial charge in [0.1, 0.15) is 0 Å². The highest BCUT2D eigenvalue weighted by atomic mass is 15.0. The summed E-state index contributed by atoms with van der Waals surface area (Å²) in [7, 11) is 0. The second-order valence-electron chi connectivity index (χ2n) is 13.6. The van der Waals surface area contributed by atoms with E-state index >= 15 is 0 Å². The molecule has 0 radical (unpaired) electrons. The Balaban J connectivity index is 1.14. The van der Waals surface area contributed by atoms with Crippen LogP contribution in [0.4, 0.5) is 0 Å². The van der Waals surface area contributed by atoms with Crippen molar-refractivity contribution < 1.29 is 0 Å². The van der Waals surface area contributed by atoms with E-state index in [1.807, 2.05) is 60.7 Å². The van der Waals surface area contributed by atoms with Gasteiger partial charge >= 0.3 is 0 Å². The predicted molar refractivity (Wildman–Crippen MR) is 222 cm³/mol. The van der Waals surface area contributed by atoms with Crippen LogP contribution >= 0.6 is 0 Å². The molecular formula is C49H31N5. The van der Waals surface area contributed by atoms with Gasteiger partial charge in [0.2, 0.25) is 0 Å². The lowest BCUT2D eigenvalue weighted by Gasteiger charge is -2.12. The van der Waals surface area contributed by atoms with Crippen LogP contribution in [0.25, 0.3) is 99.9 Å². The fourth-order valence-corrected chi connectivity index (χ4v) is 8.20. The molecule has 11 rings (SSSR count). The zero-order valence-electron chi connectivity index (χ0n) is 29.1. The molecule has 0 aliphatic carbocycles. The lowest BCUT2D eigenvalue weighted by molar-refractivity contribution is 1.07. The summed E-state index contributed by atoms with van der Waals surface area (Å²) >= 11 is 0. The molecule has 0 aliphatic rings. The van der Waals surface area contributed by atoms with Crippen LogP contribution in [0.5, 0.6) is 0 Å². The molecule has 5 nitrogen and oxygen atoms in total. The highest BCUT2D eigenvalue weighted by Crippen LogP contribution is 2.42. The minimum Gasteiger partial charge on any atom is -0.309 e. The quantitative estimate of drug-likeness (QED) is 0.181. The van der Waals surface area contributed by atoms with E-state index in [1.54, 1.807) is 0 Å². The van der Waals surface area contributed by atoms with Crippen molar-refractivity contribution in [2.45, 2.75) is 0 Å². The molecule has 0 unspecified atom stereocenters. The van der Waals surface area contributed by atoms with Gasteiger partial charge in [-0.15, -0.1) is 0 Å². The van der Waals surface area contributed by atoms with Crippen molar-refractivity contribution in [1.82, 2.24) is 24.1 Å². The summed E-state index contributed by atoms with van der Waals surface area (Å²) in [6.07, 6.45) is 0. The zero-order valence-corrected chi connectivity index (χ0v) is 29.1. The second kappa shape index (κ2) is 12.1. The molecule has 0 amide bonds. The molecule has 0 saturated carbocycles. The van der Waals surface area contributed by atoms with Gasteiger partial charge in [0.15, 0.2) is 17.5 Å². The molecule has 0 N–H and O–H groups in total. The number of rotatable bonds is 5. The largest absolute Gasteiger partial charge is 0.309 e. The van der Waals surface area contributed by atoms with Crippen molar-refractivity contribution in [3.05, 3.63) is 188 Å². The average Bonchev–Trinajstić information content (AvgIpc) is 3.78. The van der Waals surface area contributed by atoms with Crippen LogP contribution in [-0.4, -0.2) is 24.1 Å². The van der Waals surface area contributed by atoms with Crippen LogP contribution in [0.2, 0.25) is 0 Å². The van der Waals surface area contributed by atoms with Crippen molar-refractivity contribution in [1.29, 1.82) is 0 Å². The van der Waals surface area contributed by atoms with E-state index in [0.29, 0.717) is 17.5 Å². The van der Waals surface area contributed by atoms with Crippen molar-refractivity contribution in [3.8, 4) is 45.5 Å². The molecule has 0 bridgehead atoms. The summed E-state index contributed by atoms with van der Waals surface area (Å²) < 4.78 is 4.76. The maximum Gasteiger partial charge on any atom is 0.164 e. The minimum atomic E-state index is 0.632. The molecule has 3 heterocycles. The van der Waals surface area contributed by atoms with Crippen molar-refractivity contribution >= 4 is 54.4 Å². The second-order valence-corrected chi connectivity index (χ2v) is 13.6. The summed E-state index contributed by atoms with van der Waals surface area (Å²) in [5.74, 6) is 1.93. The zero-order chi connectivity index (χ0) is 35.6. The number of fused-ring (bicyclic) bond motifs is 9. The number of aromatic nitrogens is 5. The standard InChI is InChI=1S/C49H31N5/c1-4-15-32(16-5-1)47-50-48(33-17-6-2-7-18-33)52-49(51-47)34-19-14-22-36(31-34)54-42-26-13-11-24-40(42)46-38-27-29-43-45(37(38)28-30-44(46)54)39-23-10-12-25-41(39)53(43)35-20-8-3-9-21-35/h1-31H. The lowest BCUT2D eigenvalue weighted by atomic mass is 9.99. The van der Waals surface area contributed by atoms with Crippen LogP contribution < -0.4 is 0 Å². The Kier molecular flexibility index (Phi) is 6.79. The van der Waals surface area contributed by atoms with Gasteiger partial charge < -0.3 is 9.13 Å². The van der Waals surface area contributed by atoms with E-state index in [4.69, 9.17) is 15.0 Å². The van der Waals surface area contributed by atoms with Crippen molar-refractivity contribution in [2.75, 3.05) is 0 Å². The Morgan fingerprint density at radius 2 is 0.685 bits per heavy atom. The third kappa shape index (κ3) is 4.69. The first-order chi connectivity index (χ1) is 26.8. The van der Waals surface area contributed by atoms with Gasteiger partial charge in [0, 0.05) is 49.6 Å². The molecule has 0 saturated heterocycles. The molecule has 54 heavy (non-hydrogen) atoms. The molecule has 0 fully saturated rings. The molecule has 3 aromatic heterocycles. The molecule has 0 spiro atoms. The fraction of sp³-hybridized carbons (Fsp3) is 0. The van der Waals surface area contributed by atoms with Crippen LogP contribution in [0, 0.1) is 0 Å². The first-order valence-corrected chi connectivity index (χ1v) is 18.2. The molecule has 5 heteroatoms. The monoisotopic (exact) mass is 689 g/mol. The summed E-state index contributed by atoms with van der Waals surface area (Å²) in [5, 5.41) is 7.46.